The van der Waals surface area contributed by atoms with Crippen LogP contribution in [0.15, 0.2) is 76.0 Å². The van der Waals surface area contributed by atoms with Gasteiger partial charge in [-0.15, -0.1) is 0 Å². The second kappa shape index (κ2) is 5.82. The lowest BCUT2D eigenvalue weighted by Gasteiger charge is -2.16. The molecule has 0 amide bonds. The molecule has 4 rings (SSSR count). The van der Waals surface area contributed by atoms with Crippen molar-refractivity contribution in [1.29, 1.82) is 0 Å². The maximum absolute atomic E-state index is 12.9. The second-order valence-corrected chi connectivity index (χ2v) is 6.42. The molecule has 0 unspecified atom stereocenters. The molecule has 122 valence electrons. The summed E-state index contributed by atoms with van der Waals surface area (Å²) in [4.78, 5) is 24.0. The Morgan fingerprint density at radius 2 is 1.56 bits per heavy atom. The molecule has 25 heavy (non-hydrogen) atoms. The number of nitro benzene ring substituents is 1. The number of halogens is 1. The van der Waals surface area contributed by atoms with Gasteiger partial charge in [-0.05, 0) is 46.3 Å². The summed E-state index contributed by atoms with van der Waals surface area (Å²) in [5.74, 6) is 0. The molecule has 0 N–H and O–H groups in total. The van der Waals surface area contributed by atoms with Crippen LogP contribution in [0.2, 0.25) is 0 Å². The van der Waals surface area contributed by atoms with Gasteiger partial charge < -0.3 is 4.57 Å². The molecule has 6 heteroatoms. The summed E-state index contributed by atoms with van der Waals surface area (Å²) in [5.41, 5.74) is 1.34. The predicted octanol–water partition coefficient (Wildman–Crippen LogP) is 4.81. The third kappa shape index (κ3) is 2.34. The van der Waals surface area contributed by atoms with E-state index in [9.17, 15) is 14.9 Å². The Morgan fingerprint density at radius 3 is 2.32 bits per heavy atom. The zero-order chi connectivity index (χ0) is 17.6. The quantitative estimate of drug-likeness (QED) is 0.278. The van der Waals surface area contributed by atoms with E-state index < -0.39 is 4.92 Å². The van der Waals surface area contributed by atoms with Gasteiger partial charge in [0.2, 0.25) is 0 Å². The monoisotopic (exact) mass is 394 g/mol. The number of aromatic nitrogens is 1. The number of rotatable bonds is 2. The minimum Gasteiger partial charge on any atom is -0.302 e. The fraction of sp³-hybridized carbons (Fsp3) is 0. The van der Waals surface area contributed by atoms with Crippen molar-refractivity contribution in [3.05, 3.63) is 91.5 Å². The molecule has 1 heterocycles. The number of benzene rings is 3. The van der Waals surface area contributed by atoms with Crippen LogP contribution in [0.3, 0.4) is 0 Å². The Labute approximate surface area is 150 Å². The molecule has 0 radical (unpaired) electrons. The highest BCUT2D eigenvalue weighted by Crippen LogP contribution is 2.32. The van der Waals surface area contributed by atoms with Crippen molar-refractivity contribution in [2.75, 3.05) is 0 Å². The van der Waals surface area contributed by atoms with Crippen molar-refractivity contribution in [1.82, 2.24) is 4.57 Å². The third-order valence-corrected chi connectivity index (χ3v) is 4.83. The zero-order valence-corrected chi connectivity index (χ0v) is 14.4. The summed E-state index contributed by atoms with van der Waals surface area (Å²) < 4.78 is 2.55. The molecule has 0 saturated carbocycles. The number of hydrogen-bond acceptors (Lipinski definition) is 3. The number of pyridine rings is 1. The third-order valence-electron chi connectivity index (χ3n) is 4.16. The van der Waals surface area contributed by atoms with Crippen LogP contribution >= 0.6 is 15.9 Å². The van der Waals surface area contributed by atoms with E-state index in [1.807, 2.05) is 30.3 Å². The van der Waals surface area contributed by atoms with Crippen LogP contribution in [-0.4, -0.2) is 9.49 Å². The highest BCUT2D eigenvalue weighted by molar-refractivity contribution is 9.10. The first kappa shape index (κ1) is 15.5. The molecule has 0 aliphatic carbocycles. The van der Waals surface area contributed by atoms with Crippen molar-refractivity contribution >= 4 is 43.4 Å². The van der Waals surface area contributed by atoms with E-state index in [1.165, 1.54) is 6.07 Å². The number of non-ortho nitro benzene ring substituents is 1. The van der Waals surface area contributed by atoms with E-state index in [2.05, 4.69) is 15.9 Å². The predicted molar refractivity (Wildman–Crippen MR) is 101 cm³/mol. The van der Waals surface area contributed by atoms with Crippen molar-refractivity contribution in [3.8, 4) is 5.69 Å². The van der Waals surface area contributed by atoms with E-state index in [0.29, 0.717) is 21.8 Å². The van der Waals surface area contributed by atoms with E-state index in [-0.39, 0.29) is 11.1 Å². The van der Waals surface area contributed by atoms with Gasteiger partial charge >= 0.3 is 0 Å². The van der Waals surface area contributed by atoms with Gasteiger partial charge in [-0.2, -0.15) is 0 Å². The normalized spacial score (nSPS) is 11.1. The first-order valence-corrected chi connectivity index (χ1v) is 8.34. The topological polar surface area (TPSA) is 65.1 Å². The van der Waals surface area contributed by atoms with Crippen molar-refractivity contribution in [2.24, 2.45) is 0 Å². The fourth-order valence-electron chi connectivity index (χ4n) is 3.11. The Morgan fingerprint density at radius 1 is 0.880 bits per heavy atom. The van der Waals surface area contributed by atoms with Gasteiger partial charge in [-0.25, -0.2) is 0 Å². The number of fused-ring (bicyclic) bond motifs is 2. The van der Waals surface area contributed by atoms with Gasteiger partial charge in [0, 0.05) is 15.9 Å². The average molecular weight is 395 g/mol. The van der Waals surface area contributed by atoms with Crippen LogP contribution in [0.25, 0.3) is 27.5 Å². The lowest BCUT2D eigenvalue weighted by molar-refractivity contribution is -0.383. The lowest BCUT2D eigenvalue weighted by atomic mass is 10.1. The summed E-state index contributed by atoms with van der Waals surface area (Å²) in [6, 6.07) is 19.2. The first-order valence-electron chi connectivity index (χ1n) is 7.55. The molecule has 0 spiro atoms. The molecule has 0 bridgehead atoms. The van der Waals surface area contributed by atoms with E-state index >= 15 is 0 Å². The number of nitro groups is 1. The van der Waals surface area contributed by atoms with Gasteiger partial charge in [0.1, 0.15) is 5.52 Å². The van der Waals surface area contributed by atoms with Crippen molar-refractivity contribution in [3.63, 3.8) is 0 Å². The van der Waals surface area contributed by atoms with Gasteiger partial charge in [0.05, 0.1) is 21.5 Å². The molecule has 3 aromatic carbocycles. The van der Waals surface area contributed by atoms with E-state index in [1.54, 1.807) is 34.9 Å². The molecular weight excluding hydrogens is 384 g/mol. The molecule has 0 fully saturated rings. The van der Waals surface area contributed by atoms with Crippen LogP contribution in [-0.2, 0) is 0 Å². The Bertz CT molecular complexity index is 1210. The highest BCUT2D eigenvalue weighted by atomic mass is 79.9. The molecule has 0 saturated heterocycles. The largest absolute Gasteiger partial charge is 0.302 e. The standard InChI is InChI=1S/C19H11BrN2O3/c20-14-8-2-4-10-16(14)21-15-9-3-1-6-12(15)19(23)13-7-5-11-17(18(13)21)22(24)25/h1-11H. The summed E-state index contributed by atoms with van der Waals surface area (Å²) in [6.07, 6.45) is 0. The summed E-state index contributed by atoms with van der Waals surface area (Å²) in [5, 5.41) is 12.5. The van der Waals surface area contributed by atoms with Crippen molar-refractivity contribution < 1.29 is 4.92 Å². The van der Waals surface area contributed by atoms with Crippen LogP contribution in [0, 0.1) is 10.1 Å². The van der Waals surface area contributed by atoms with Gasteiger partial charge in [-0.1, -0.05) is 30.3 Å². The minimum absolute atomic E-state index is 0.101. The fourth-order valence-corrected chi connectivity index (χ4v) is 3.57. The summed E-state index contributed by atoms with van der Waals surface area (Å²) in [6.45, 7) is 0. The van der Waals surface area contributed by atoms with Crippen LogP contribution in [0.4, 0.5) is 5.69 Å². The molecule has 5 nitrogen and oxygen atoms in total. The average Bonchev–Trinajstić information content (AvgIpc) is 2.63. The number of hydrogen-bond donors (Lipinski definition) is 0. The first-order chi connectivity index (χ1) is 12.1. The number of para-hydroxylation sites is 3. The smallest absolute Gasteiger partial charge is 0.294 e. The Hall–Kier alpha value is -2.99. The molecule has 0 aliphatic heterocycles. The molecule has 0 atom stereocenters. The van der Waals surface area contributed by atoms with Crippen LogP contribution in [0.5, 0.6) is 0 Å². The number of nitrogens with zero attached hydrogens (tertiary/aromatic N) is 2. The zero-order valence-electron chi connectivity index (χ0n) is 12.8. The SMILES string of the molecule is O=c1c2ccccc2n(-c2ccccc2Br)c2c([N+](=O)[O-])cccc12. The van der Waals surface area contributed by atoms with Crippen LogP contribution < -0.4 is 5.43 Å². The Balaban J connectivity index is 2.37. The molecule has 0 aliphatic rings. The lowest BCUT2D eigenvalue weighted by Crippen LogP contribution is -2.12. The van der Waals surface area contributed by atoms with Gasteiger partial charge in [-0.3, -0.25) is 14.9 Å². The highest BCUT2D eigenvalue weighted by Gasteiger charge is 2.21. The van der Waals surface area contributed by atoms with E-state index in [0.717, 1.165) is 10.2 Å². The molecule has 4 aromatic rings. The van der Waals surface area contributed by atoms with Crippen molar-refractivity contribution in [2.45, 2.75) is 0 Å². The maximum atomic E-state index is 12.9. The van der Waals surface area contributed by atoms with Gasteiger partial charge in [0.25, 0.3) is 5.69 Å². The van der Waals surface area contributed by atoms with E-state index in [4.69, 9.17) is 0 Å². The second-order valence-electron chi connectivity index (χ2n) is 5.56. The molecule has 1 aromatic heterocycles. The summed E-state index contributed by atoms with van der Waals surface area (Å²) >= 11 is 3.52. The van der Waals surface area contributed by atoms with Crippen LogP contribution in [0.1, 0.15) is 0 Å². The Kier molecular flexibility index (Phi) is 3.62. The molecular formula is C19H11BrN2O3. The summed E-state index contributed by atoms with van der Waals surface area (Å²) in [7, 11) is 0. The maximum Gasteiger partial charge on any atom is 0.294 e. The minimum atomic E-state index is -0.454. The van der Waals surface area contributed by atoms with Gasteiger partial charge in [0.15, 0.2) is 5.43 Å².